The molecule has 4 aromatic rings. The van der Waals surface area contributed by atoms with E-state index in [1.165, 1.54) is 35.3 Å². The van der Waals surface area contributed by atoms with Crippen molar-refractivity contribution in [3.05, 3.63) is 99.0 Å². The van der Waals surface area contributed by atoms with Crippen LogP contribution in [-0.2, 0) is 16.0 Å². The number of hydrogen-bond acceptors (Lipinski definition) is 5. The first-order chi connectivity index (χ1) is 20.3. The highest BCUT2D eigenvalue weighted by molar-refractivity contribution is 7.22. The van der Waals surface area contributed by atoms with Gasteiger partial charge in [-0.05, 0) is 78.6 Å². The molecule has 1 atom stereocenters. The van der Waals surface area contributed by atoms with E-state index in [-0.39, 0.29) is 24.8 Å². The molecule has 7 nitrogen and oxygen atoms in total. The van der Waals surface area contributed by atoms with Crippen LogP contribution in [0.2, 0.25) is 10.0 Å². The van der Waals surface area contributed by atoms with Crippen LogP contribution < -0.4 is 10.6 Å². The largest absolute Gasteiger partial charge is 0.481 e. The predicted molar refractivity (Wildman–Crippen MR) is 169 cm³/mol. The standard InChI is InChI=1S/C32H29Cl2N3O4S/c33-24-17-26(34)29-27(18-24)42-32(36-29)37-31(41)25(22-12-10-21(11-13-22)20-4-2-1-3-5-20)16-19-6-8-23(9-7-19)30(40)35-15-14-28(38)39/h4,6-13,17-18,25H,1-3,5,14-16H2,(H,35,40)(H,38,39)(H,36,37,41). The average Bonchev–Trinajstić information content (AvgIpc) is 3.39. The van der Waals surface area contributed by atoms with Gasteiger partial charge >= 0.3 is 5.97 Å². The Bertz CT molecular complexity index is 1650. The van der Waals surface area contributed by atoms with Gasteiger partial charge in [0.25, 0.3) is 5.91 Å². The van der Waals surface area contributed by atoms with Crippen molar-refractivity contribution in [2.24, 2.45) is 0 Å². The van der Waals surface area contributed by atoms with E-state index in [1.54, 1.807) is 24.3 Å². The Balaban J connectivity index is 1.37. The number of thiazole rings is 1. The second-order valence-corrected chi connectivity index (χ2v) is 12.1. The number of fused-ring (bicyclic) bond motifs is 1. The maximum atomic E-state index is 13.8. The molecule has 0 fully saturated rings. The van der Waals surface area contributed by atoms with Crippen molar-refractivity contribution in [1.29, 1.82) is 0 Å². The molecule has 0 saturated heterocycles. The maximum absolute atomic E-state index is 13.8. The fraction of sp³-hybridized carbons (Fsp3) is 0.250. The summed E-state index contributed by atoms with van der Waals surface area (Å²) < 4.78 is 0.779. The highest BCUT2D eigenvalue weighted by Crippen LogP contribution is 2.35. The van der Waals surface area contributed by atoms with Crippen LogP contribution in [0.3, 0.4) is 0 Å². The number of hydrogen-bond donors (Lipinski definition) is 3. The second-order valence-electron chi connectivity index (χ2n) is 10.2. The number of carbonyl (C=O) groups is 3. The SMILES string of the molecule is O=C(O)CCNC(=O)c1ccc(CC(C(=O)Nc2nc3c(Cl)cc(Cl)cc3s2)c2ccc(C3=CCCCC3)cc2)cc1. The number of aromatic nitrogens is 1. The summed E-state index contributed by atoms with van der Waals surface area (Å²) in [5.41, 5.74) is 5.26. The van der Waals surface area contributed by atoms with Gasteiger partial charge in [-0.15, -0.1) is 0 Å². The lowest BCUT2D eigenvalue weighted by atomic mass is 9.88. The molecule has 1 aliphatic carbocycles. The minimum atomic E-state index is -0.976. The normalized spacial score (nSPS) is 13.8. The van der Waals surface area contributed by atoms with Gasteiger partial charge in [-0.1, -0.05) is 77.0 Å². The molecule has 216 valence electrons. The molecule has 42 heavy (non-hydrogen) atoms. The zero-order valence-corrected chi connectivity index (χ0v) is 25.0. The van der Waals surface area contributed by atoms with Gasteiger partial charge in [-0.25, -0.2) is 4.98 Å². The molecule has 5 rings (SSSR count). The number of amides is 2. The molecule has 2 amide bonds. The molecule has 1 aliphatic rings. The van der Waals surface area contributed by atoms with Crippen molar-refractivity contribution in [2.45, 2.75) is 44.4 Å². The molecule has 3 N–H and O–H groups in total. The fourth-order valence-corrected chi connectivity index (χ4v) is 6.60. The average molecular weight is 623 g/mol. The molecule has 10 heteroatoms. The van der Waals surface area contributed by atoms with E-state index in [0.717, 1.165) is 28.7 Å². The van der Waals surface area contributed by atoms with E-state index in [4.69, 9.17) is 28.3 Å². The number of carboxylic acids is 1. The van der Waals surface area contributed by atoms with Crippen molar-refractivity contribution in [1.82, 2.24) is 10.3 Å². The molecular weight excluding hydrogens is 593 g/mol. The van der Waals surface area contributed by atoms with Crippen LogP contribution in [0.4, 0.5) is 5.13 Å². The van der Waals surface area contributed by atoms with Gasteiger partial charge in [0.15, 0.2) is 5.13 Å². The van der Waals surface area contributed by atoms with Crippen molar-refractivity contribution >= 4 is 73.2 Å². The van der Waals surface area contributed by atoms with Crippen LogP contribution in [0.1, 0.15) is 65.1 Å². The maximum Gasteiger partial charge on any atom is 0.305 e. The van der Waals surface area contributed by atoms with Crippen LogP contribution in [0.5, 0.6) is 0 Å². The lowest BCUT2D eigenvalue weighted by Gasteiger charge is -2.18. The molecule has 0 bridgehead atoms. The Morgan fingerprint density at radius 2 is 1.76 bits per heavy atom. The smallest absolute Gasteiger partial charge is 0.305 e. The van der Waals surface area contributed by atoms with Gasteiger partial charge < -0.3 is 15.7 Å². The van der Waals surface area contributed by atoms with Gasteiger partial charge in [0, 0.05) is 17.1 Å². The first kappa shape index (κ1) is 29.8. The van der Waals surface area contributed by atoms with Crippen molar-refractivity contribution in [2.75, 3.05) is 11.9 Å². The molecular formula is C32H29Cl2N3O4S. The number of nitrogens with zero attached hydrogens (tertiary/aromatic N) is 1. The molecule has 1 heterocycles. The number of carbonyl (C=O) groups excluding carboxylic acids is 2. The van der Waals surface area contributed by atoms with Crippen LogP contribution in [0.25, 0.3) is 15.8 Å². The molecule has 1 unspecified atom stereocenters. The summed E-state index contributed by atoms with van der Waals surface area (Å²) in [6.45, 7) is 0.0498. The Morgan fingerprint density at radius 3 is 2.45 bits per heavy atom. The lowest BCUT2D eigenvalue weighted by Crippen LogP contribution is -2.26. The second kappa shape index (κ2) is 13.5. The van der Waals surface area contributed by atoms with E-state index >= 15 is 0 Å². The lowest BCUT2D eigenvalue weighted by molar-refractivity contribution is -0.136. The minimum Gasteiger partial charge on any atom is -0.481 e. The molecule has 3 aromatic carbocycles. The van der Waals surface area contributed by atoms with Crippen molar-refractivity contribution in [3.63, 3.8) is 0 Å². The number of aliphatic carboxylic acids is 1. The number of rotatable bonds is 10. The van der Waals surface area contributed by atoms with E-state index in [1.807, 2.05) is 24.3 Å². The number of nitrogens with one attached hydrogen (secondary N) is 2. The highest BCUT2D eigenvalue weighted by Gasteiger charge is 2.24. The van der Waals surface area contributed by atoms with Gasteiger partial charge in [0.1, 0.15) is 5.52 Å². The first-order valence-electron chi connectivity index (χ1n) is 13.7. The fourth-order valence-electron chi connectivity index (χ4n) is 5.01. The summed E-state index contributed by atoms with van der Waals surface area (Å²) in [5.74, 6) is -2.06. The number of allylic oxidation sites excluding steroid dienone is 2. The number of halogens is 2. The zero-order valence-electron chi connectivity index (χ0n) is 22.7. The highest BCUT2D eigenvalue weighted by atomic mass is 35.5. The minimum absolute atomic E-state index is 0.0498. The summed E-state index contributed by atoms with van der Waals surface area (Å²) in [6, 6.07) is 18.6. The molecule has 1 aromatic heterocycles. The Hall–Kier alpha value is -3.72. The van der Waals surface area contributed by atoms with Crippen LogP contribution in [0.15, 0.2) is 66.7 Å². The Labute approximate surface area is 257 Å². The summed E-state index contributed by atoms with van der Waals surface area (Å²) in [6.07, 6.45) is 7.10. The predicted octanol–water partition coefficient (Wildman–Crippen LogP) is 7.73. The number of anilines is 1. The quantitative estimate of drug-likeness (QED) is 0.168. The van der Waals surface area contributed by atoms with Crippen LogP contribution in [-0.4, -0.2) is 34.4 Å². The number of carboxylic acid groups (broad SMARTS) is 1. The van der Waals surface area contributed by atoms with E-state index in [0.29, 0.717) is 32.7 Å². The third-order valence-electron chi connectivity index (χ3n) is 7.22. The first-order valence-corrected chi connectivity index (χ1v) is 15.3. The molecule has 0 aliphatic heterocycles. The van der Waals surface area contributed by atoms with Crippen LogP contribution in [0, 0.1) is 0 Å². The third kappa shape index (κ3) is 7.37. The van der Waals surface area contributed by atoms with Gasteiger partial charge in [-0.3, -0.25) is 14.4 Å². The van der Waals surface area contributed by atoms with Crippen molar-refractivity contribution < 1.29 is 19.5 Å². The molecule has 0 saturated carbocycles. The van der Waals surface area contributed by atoms with E-state index in [2.05, 4.69) is 33.8 Å². The Morgan fingerprint density at radius 1 is 1.00 bits per heavy atom. The topological polar surface area (TPSA) is 108 Å². The summed E-state index contributed by atoms with van der Waals surface area (Å²) in [5, 5.41) is 15.7. The van der Waals surface area contributed by atoms with E-state index in [9.17, 15) is 14.4 Å². The third-order valence-corrected chi connectivity index (χ3v) is 8.64. The monoisotopic (exact) mass is 621 g/mol. The zero-order chi connectivity index (χ0) is 29.6. The van der Waals surface area contributed by atoms with Gasteiger partial charge in [-0.2, -0.15) is 0 Å². The van der Waals surface area contributed by atoms with Crippen LogP contribution >= 0.6 is 34.5 Å². The van der Waals surface area contributed by atoms with Gasteiger partial charge in [0.05, 0.1) is 22.1 Å². The summed E-state index contributed by atoms with van der Waals surface area (Å²) in [4.78, 5) is 41.4. The number of benzene rings is 3. The Kier molecular flexibility index (Phi) is 9.57. The van der Waals surface area contributed by atoms with E-state index < -0.39 is 11.9 Å². The van der Waals surface area contributed by atoms with Gasteiger partial charge in [0.2, 0.25) is 5.91 Å². The summed E-state index contributed by atoms with van der Waals surface area (Å²) >= 11 is 13.8. The van der Waals surface area contributed by atoms with Crippen molar-refractivity contribution in [3.8, 4) is 0 Å². The molecule has 0 spiro atoms. The molecule has 0 radical (unpaired) electrons. The summed E-state index contributed by atoms with van der Waals surface area (Å²) in [7, 11) is 0.